The van der Waals surface area contributed by atoms with E-state index < -0.39 is 0 Å². The molecule has 0 spiro atoms. The maximum Gasteiger partial charge on any atom is 0.149 e. The van der Waals surface area contributed by atoms with Crippen LogP contribution in [0, 0.1) is 11.3 Å². The molecule has 4 aromatic rings. The van der Waals surface area contributed by atoms with Crippen LogP contribution in [0.5, 0.6) is 5.75 Å². The fraction of sp³-hybridized carbons (Fsp3) is 0.185. The highest BCUT2D eigenvalue weighted by Crippen LogP contribution is 2.30. The van der Waals surface area contributed by atoms with Crippen molar-refractivity contribution in [1.82, 2.24) is 9.97 Å². The lowest BCUT2D eigenvalue weighted by Gasteiger charge is -2.22. The zero-order valence-corrected chi connectivity index (χ0v) is 19.4. The Balaban J connectivity index is 1.71. The van der Waals surface area contributed by atoms with E-state index in [0.717, 1.165) is 40.9 Å². The minimum Gasteiger partial charge on any atom is -0.488 e. The number of aromatic amines is 1. The Labute approximate surface area is 198 Å². The average Bonchev–Trinajstić information content (AvgIpc) is 3.28. The van der Waals surface area contributed by atoms with Crippen molar-refractivity contribution in [3.05, 3.63) is 88.7 Å². The fourth-order valence-corrected chi connectivity index (χ4v) is 3.81. The molecule has 1 heterocycles. The number of benzene rings is 3. The molecule has 33 heavy (non-hydrogen) atoms. The number of nitrogens with one attached hydrogen (secondary N) is 1. The molecule has 0 bridgehead atoms. The summed E-state index contributed by atoms with van der Waals surface area (Å²) in [5, 5.41) is 10.6. The monoisotopic (exact) mass is 456 g/mol. The van der Waals surface area contributed by atoms with E-state index >= 15 is 0 Å². The molecule has 3 aromatic carbocycles. The van der Waals surface area contributed by atoms with Gasteiger partial charge in [-0.05, 0) is 61.9 Å². The van der Waals surface area contributed by atoms with E-state index in [1.165, 1.54) is 0 Å². The first kappa shape index (κ1) is 22.4. The lowest BCUT2D eigenvalue weighted by molar-refractivity contribution is 0.305. The summed E-state index contributed by atoms with van der Waals surface area (Å²) >= 11 is 6.01. The van der Waals surface area contributed by atoms with Crippen LogP contribution in [0.2, 0.25) is 5.02 Å². The van der Waals surface area contributed by atoms with E-state index in [1.54, 1.807) is 0 Å². The second-order valence-electron chi connectivity index (χ2n) is 7.58. The number of H-pyrrole nitrogens is 1. The van der Waals surface area contributed by atoms with Gasteiger partial charge in [-0.3, -0.25) is 0 Å². The molecule has 0 saturated carbocycles. The number of anilines is 1. The van der Waals surface area contributed by atoms with Crippen LogP contribution in [-0.4, -0.2) is 23.1 Å². The number of fused-ring (bicyclic) bond motifs is 1. The number of allylic oxidation sites excluding steroid dienone is 1. The van der Waals surface area contributed by atoms with Crippen molar-refractivity contribution < 1.29 is 4.74 Å². The first-order chi connectivity index (χ1) is 16.1. The number of halogens is 1. The lowest BCUT2D eigenvalue weighted by Crippen LogP contribution is -2.21. The zero-order chi connectivity index (χ0) is 23.2. The molecule has 0 aliphatic rings. The van der Waals surface area contributed by atoms with E-state index in [0.29, 0.717) is 28.8 Å². The van der Waals surface area contributed by atoms with Crippen molar-refractivity contribution in [2.75, 3.05) is 18.0 Å². The Bertz CT molecular complexity index is 1280. The molecule has 0 amide bonds. The molecule has 6 heteroatoms. The predicted molar refractivity (Wildman–Crippen MR) is 135 cm³/mol. The molecule has 0 fully saturated rings. The highest BCUT2D eigenvalue weighted by atomic mass is 35.5. The van der Waals surface area contributed by atoms with Crippen molar-refractivity contribution in [3.63, 3.8) is 0 Å². The summed E-state index contributed by atoms with van der Waals surface area (Å²) in [4.78, 5) is 10.1. The van der Waals surface area contributed by atoms with E-state index in [2.05, 4.69) is 40.9 Å². The number of aromatic nitrogens is 2. The summed E-state index contributed by atoms with van der Waals surface area (Å²) in [6.45, 7) is 6.43. The molecule has 0 unspecified atom stereocenters. The number of ether oxygens (including phenoxy) is 1. The van der Waals surface area contributed by atoms with Crippen LogP contribution in [0.1, 0.15) is 30.8 Å². The van der Waals surface area contributed by atoms with Gasteiger partial charge in [0.15, 0.2) is 0 Å². The van der Waals surface area contributed by atoms with Gasteiger partial charge in [-0.2, -0.15) is 5.26 Å². The normalized spacial score (nSPS) is 11.4. The van der Waals surface area contributed by atoms with Crippen LogP contribution in [0.4, 0.5) is 5.69 Å². The van der Waals surface area contributed by atoms with Crippen LogP contribution in [0.3, 0.4) is 0 Å². The molecule has 0 aliphatic heterocycles. The highest BCUT2D eigenvalue weighted by Gasteiger charge is 2.12. The molecule has 1 N–H and O–H groups in total. The van der Waals surface area contributed by atoms with Crippen molar-refractivity contribution in [2.45, 2.75) is 20.5 Å². The molecule has 0 atom stereocenters. The smallest absolute Gasteiger partial charge is 0.149 e. The van der Waals surface area contributed by atoms with E-state index in [-0.39, 0.29) is 0 Å². The molecular formula is C27H25ClN4O. The molecule has 0 aliphatic carbocycles. The standard InChI is InChI=1S/C27H25ClN4O/c1-3-32(4-2)23-14-11-20(26(16-23)33-18-19-9-12-22(28)13-10-19)15-21(17-29)27-30-24-7-5-6-8-25(24)31-27/h5-16H,3-4,18H2,1-2H3,(H,30,31)/b21-15+. The van der Waals surface area contributed by atoms with Gasteiger partial charge in [0.2, 0.25) is 0 Å². The molecule has 4 rings (SSSR count). The topological polar surface area (TPSA) is 64.9 Å². The summed E-state index contributed by atoms with van der Waals surface area (Å²) in [5.41, 5.74) is 5.07. The summed E-state index contributed by atoms with van der Waals surface area (Å²) < 4.78 is 6.23. The molecular weight excluding hydrogens is 432 g/mol. The summed E-state index contributed by atoms with van der Waals surface area (Å²) in [5.74, 6) is 1.24. The van der Waals surface area contributed by atoms with Crippen LogP contribution in [-0.2, 0) is 6.61 Å². The second-order valence-corrected chi connectivity index (χ2v) is 8.02. The van der Waals surface area contributed by atoms with Crippen molar-refractivity contribution >= 4 is 40.0 Å². The van der Waals surface area contributed by atoms with E-state index in [9.17, 15) is 5.26 Å². The number of rotatable bonds is 8. The average molecular weight is 457 g/mol. The minimum atomic E-state index is 0.395. The molecule has 0 radical (unpaired) electrons. The maximum absolute atomic E-state index is 9.87. The second kappa shape index (κ2) is 10.2. The number of nitrogens with zero attached hydrogens (tertiary/aromatic N) is 3. The third-order valence-corrected chi connectivity index (χ3v) is 5.75. The fourth-order valence-electron chi connectivity index (χ4n) is 3.68. The number of hydrogen-bond acceptors (Lipinski definition) is 4. The highest BCUT2D eigenvalue weighted by molar-refractivity contribution is 6.30. The minimum absolute atomic E-state index is 0.395. The summed E-state index contributed by atoms with van der Waals surface area (Å²) in [7, 11) is 0. The van der Waals surface area contributed by atoms with Gasteiger partial charge in [0.25, 0.3) is 0 Å². The Hall–Kier alpha value is -3.75. The maximum atomic E-state index is 9.87. The van der Waals surface area contributed by atoms with Crippen molar-refractivity contribution in [1.29, 1.82) is 5.26 Å². The van der Waals surface area contributed by atoms with Gasteiger partial charge < -0.3 is 14.6 Å². The Kier molecular flexibility index (Phi) is 6.97. The molecule has 0 saturated heterocycles. The van der Waals surface area contributed by atoms with Gasteiger partial charge in [-0.25, -0.2) is 4.98 Å². The number of para-hydroxylation sites is 2. The summed E-state index contributed by atoms with van der Waals surface area (Å²) in [6, 6.07) is 23.7. The van der Waals surface area contributed by atoms with Gasteiger partial charge in [0.05, 0.1) is 16.6 Å². The van der Waals surface area contributed by atoms with Gasteiger partial charge in [-0.1, -0.05) is 35.9 Å². The van der Waals surface area contributed by atoms with Crippen LogP contribution >= 0.6 is 11.6 Å². The molecule has 1 aromatic heterocycles. The third-order valence-electron chi connectivity index (χ3n) is 5.50. The Morgan fingerprint density at radius 3 is 2.55 bits per heavy atom. The zero-order valence-electron chi connectivity index (χ0n) is 18.7. The van der Waals surface area contributed by atoms with E-state index in [1.807, 2.05) is 66.7 Å². The van der Waals surface area contributed by atoms with Gasteiger partial charge in [-0.15, -0.1) is 0 Å². The van der Waals surface area contributed by atoms with Gasteiger partial charge >= 0.3 is 0 Å². The predicted octanol–water partition coefficient (Wildman–Crippen LogP) is 6.71. The van der Waals surface area contributed by atoms with Crippen LogP contribution in [0.25, 0.3) is 22.7 Å². The number of nitriles is 1. The number of hydrogen-bond donors (Lipinski definition) is 1. The molecule has 166 valence electrons. The van der Waals surface area contributed by atoms with Gasteiger partial charge in [0.1, 0.15) is 24.3 Å². The Morgan fingerprint density at radius 1 is 1.09 bits per heavy atom. The lowest BCUT2D eigenvalue weighted by atomic mass is 10.1. The number of imidazole rings is 1. The Morgan fingerprint density at radius 2 is 1.85 bits per heavy atom. The largest absolute Gasteiger partial charge is 0.488 e. The van der Waals surface area contributed by atoms with Crippen LogP contribution < -0.4 is 9.64 Å². The molecule has 5 nitrogen and oxygen atoms in total. The van der Waals surface area contributed by atoms with Crippen LogP contribution in [0.15, 0.2) is 66.7 Å². The van der Waals surface area contributed by atoms with Gasteiger partial charge in [0, 0.05) is 35.4 Å². The first-order valence-electron chi connectivity index (χ1n) is 10.9. The third kappa shape index (κ3) is 5.19. The SMILES string of the molecule is CCN(CC)c1ccc(/C=C(\C#N)c2nc3ccccc3[nH]2)c(OCc2ccc(Cl)cc2)c1. The van der Waals surface area contributed by atoms with E-state index in [4.69, 9.17) is 16.3 Å². The quantitative estimate of drug-likeness (QED) is 0.299. The first-order valence-corrected chi connectivity index (χ1v) is 11.3. The summed E-state index contributed by atoms with van der Waals surface area (Å²) in [6.07, 6.45) is 1.82. The van der Waals surface area contributed by atoms with Crippen molar-refractivity contribution in [3.8, 4) is 11.8 Å². The van der Waals surface area contributed by atoms with Crippen molar-refractivity contribution in [2.24, 2.45) is 0 Å².